The normalized spacial score (nSPS) is 11.2. The van der Waals surface area contributed by atoms with Crippen LogP contribution < -0.4 is 0 Å². The Kier molecular flexibility index (Phi) is 7.18. The number of halogens is 1. The number of hydrogen-bond donors (Lipinski definition) is 1. The van der Waals surface area contributed by atoms with Gasteiger partial charge >= 0.3 is 0 Å². The number of fused-ring (bicyclic) bond motifs is 4. The molecule has 2 aromatic heterocycles. The van der Waals surface area contributed by atoms with E-state index in [1.165, 1.54) is 26.0 Å². The number of carbonyl (C=O) groups excluding carboxylic acids is 1. The minimum atomic E-state index is -0.283. The monoisotopic (exact) mass is 605 g/mol. The molecule has 0 fully saturated rings. The van der Waals surface area contributed by atoms with Gasteiger partial charge in [0.25, 0.3) is 0 Å². The molecule has 0 aliphatic rings. The number of furan rings is 1. The van der Waals surface area contributed by atoms with E-state index < -0.39 is 0 Å². The summed E-state index contributed by atoms with van der Waals surface area (Å²) in [6.07, 6.45) is 2.81. The number of aliphatic hydroxyl groups is 1. The van der Waals surface area contributed by atoms with Crippen molar-refractivity contribution >= 4 is 38.4 Å². The Morgan fingerprint density at radius 1 is 1.03 bits per heavy atom. The number of aliphatic hydroxyl groups excluding tert-OH is 1. The summed E-state index contributed by atoms with van der Waals surface area (Å²) < 4.78 is 20.2. The molecule has 1 radical (unpaired) electrons. The number of rotatable bonds is 2. The standard InChI is InChI=1S/C21H11FNO.C5H8O2.Ir/c22-18-12-14(11-13-5-1-2-6-15(13)18)20-21-17(9-10-24-21)16-7-3-4-8-19(16)23-20;1-4(6)3-5(2)7;/h1-10,12H;3,6H,1-2H3;/q-1;;/b;4-3-;. The molecular weight excluding hydrogens is 586 g/mol. The summed E-state index contributed by atoms with van der Waals surface area (Å²) in [6.45, 7) is 2.85. The van der Waals surface area contributed by atoms with Gasteiger partial charge in [0.2, 0.25) is 0 Å². The number of aromatic nitrogens is 1. The molecule has 0 aliphatic carbocycles. The van der Waals surface area contributed by atoms with Crippen molar-refractivity contribution in [1.82, 2.24) is 4.98 Å². The van der Waals surface area contributed by atoms with Crippen LogP contribution in [-0.4, -0.2) is 15.9 Å². The fraction of sp³-hybridized carbons (Fsp3) is 0.0769. The first kappa shape index (κ1) is 23.3. The first-order valence-corrected chi connectivity index (χ1v) is 9.69. The van der Waals surface area contributed by atoms with Crippen LogP contribution in [0.25, 0.3) is 43.9 Å². The smallest absolute Gasteiger partial charge is 0.155 e. The van der Waals surface area contributed by atoms with E-state index in [1.807, 2.05) is 48.5 Å². The van der Waals surface area contributed by atoms with Crippen LogP contribution in [-0.2, 0) is 24.9 Å². The van der Waals surface area contributed by atoms with Crippen LogP contribution in [0, 0.1) is 11.9 Å². The molecule has 0 bridgehead atoms. The van der Waals surface area contributed by atoms with Crippen LogP contribution in [0.15, 0.2) is 83.2 Å². The minimum absolute atomic E-state index is 0. The quantitative estimate of drug-likeness (QED) is 0.137. The molecule has 32 heavy (non-hydrogen) atoms. The van der Waals surface area contributed by atoms with E-state index in [0.29, 0.717) is 22.2 Å². The Labute approximate surface area is 197 Å². The van der Waals surface area contributed by atoms with Crippen molar-refractivity contribution in [3.63, 3.8) is 0 Å². The molecule has 0 saturated heterocycles. The van der Waals surface area contributed by atoms with Gasteiger partial charge in [0.05, 0.1) is 23.4 Å². The van der Waals surface area contributed by atoms with Gasteiger partial charge in [-0.25, -0.2) is 4.39 Å². The molecular formula is C26H19FIrNO3-. The van der Waals surface area contributed by atoms with Crippen molar-refractivity contribution in [2.45, 2.75) is 13.8 Å². The number of ketones is 1. The van der Waals surface area contributed by atoms with E-state index in [1.54, 1.807) is 12.3 Å². The average molecular weight is 605 g/mol. The predicted octanol–water partition coefficient (Wildman–Crippen LogP) is 6.78. The maximum atomic E-state index is 14.5. The predicted molar refractivity (Wildman–Crippen MR) is 120 cm³/mol. The Hall–Kier alpha value is -3.34. The van der Waals surface area contributed by atoms with E-state index in [-0.39, 0.29) is 37.5 Å². The van der Waals surface area contributed by atoms with Crippen LogP contribution in [0.5, 0.6) is 0 Å². The fourth-order valence-corrected chi connectivity index (χ4v) is 3.47. The summed E-state index contributed by atoms with van der Waals surface area (Å²) in [5.74, 6) is -0.346. The first-order valence-electron chi connectivity index (χ1n) is 9.69. The fourth-order valence-electron chi connectivity index (χ4n) is 3.47. The molecule has 2 heterocycles. The van der Waals surface area contributed by atoms with Gasteiger partial charge in [-0.3, -0.25) is 9.78 Å². The van der Waals surface area contributed by atoms with E-state index in [4.69, 9.17) is 14.5 Å². The van der Waals surface area contributed by atoms with Gasteiger partial charge < -0.3 is 9.52 Å². The summed E-state index contributed by atoms with van der Waals surface area (Å²) >= 11 is 0. The van der Waals surface area contributed by atoms with Crippen molar-refractivity contribution in [3.8, 4) is 11.3 Å². The molecule has 5 aromatic rings. The van der Waals surface area contributed by atoms with Gasteiger partial charge in [-0.1, -0.05) is 53.4 Å². The topological polar surface area (TPSA) is 63.3 Å². The van der Waals surface area contributed by atoms with Crippen molar-refractivity contribution in [1.29, 1.82) is 0 Å². The molecule has 0 saturated carbocycles. The number of allylic oxidation sites excluding steroid dienone is 2. The van der Waals surface area contributed by atoms with Gasteiger partial charge in [-0.2, -0.15) is 0 Å². The molecule has 4 nitrogen and oxygen atoms in total. The first-order chi connectivity index (χ1) is 14.9. The van der Waals surface area contributed by atoms with Crippen LogP contribution in [0.4, 0.5) is 4.39 Å². The molecule has 163 valence electrons. The summed E-state index contributed by atoms with van der Waals surface area (Å²) in [4.78, 5) is 14.7. The van der Waals surface area contributed by atoms with Crippen LogP contribution >= 0.6 is 0 Å². The maximum absolute atomic E-state index is 14.5. The Balaban J connectivity index is 0.000000318. The molecule has 1 N–H and O–H groups in total. The van der Waals surface area contributed by atoms with Crippen molar-refractivity contribution < 1.29 is 38.8 Å². The summed E-state index contributed by atoms with van der Waals surface area (Å²) in [6, 6.07) is 21.8. The zero-order valence-electron chi connectivity index (χ0n) is 17.4. The third-order valence-electron chi connectivity index (χ3n) is 4.70. The van der Waals surface area contributed by atoms with Crippen LogP contribution in [0.3, 0.4) is 0 Å². The number of benzene rings is 3. The number of para-hydroxylation sites is 1. The zero-order valence-corrected chi connectivity index (χ0v) is 19.7. The zero-order chi connectivity index (χ0) is 22.0. The van der Waals surface area contributed by atoms with E-state index in [9.17, 15) is 9.18 Å². The van der Waals surface area contributed by atoms with Crippen molar-refractivity contribution in [3.05, 3.63) is 90.6 Å². The van der Waals surface area contributed by atoms with Crippen molar-refractivity contribution in [2.75, 3.05) is 0 Å². The third-order valence-corrected chi connectivity index (χ3v) is 4.70. The molecule has 3 aromatic carbocycles. The summed E-state index contributed by atoms with van der Waals surface area (Å²) in [7, 11) is 0. The molecule has 0 spiro atoms. The molecule has 0 atom stereocenters. The maximum Gasteiger partial charge on any atom is 0.155 e. The Morgan fingerprint density at radius 2 is 1.72 bits per heavy atom. The minimum Gasteiger partial charge on any atom is -0.512 e. The van der Waals surface area contributed by atoms with Crippen LogP contribution in [0.1, 0.15) is 13.8 Å². The second kappa shape index (κ2) is 9.86. The SMILES string of the molecule is CC(=O)/C=C(/C)O.Fc1cc(-c2nc3ccccc3c3ccoc23)[c-]c2ccccc12.[Ir]. The number of nitrogens with zero attached hydrogens (tertiary/aromatic N) is 1. The third kappa shape index (κ3) is 4.77. The van der Waals surface area contributed by atoms with Gasteiger partial charge in [0.1, 0.15) is 5.58 Å². The molecule has 0 amide bonds. The van der Waals surface area contributed by atoms with Gasteiger partial charge in [0, 0.05) is 42.6 Å². The molecule has 0 unspecified atom stereocenters. The van der Waals surface area contributed by atoms with Gasteiger partial charge in [-0.15, -0.1) is 17.5 Å². The average Bonchev–Trinajstić information content (AvgIpc) is 3.23. The molecule has 6 heteroatoms. The van der Waals surface area contributed by atoms with E-state index in [2.05, 4.69) is 6.07 Å². The van der Waals surface area contributed by atoms with Gasteiger partial charge in [-0.05, 0) is 26.0 Å². The Bertz CT molecular complexity index is 1450. The molecule has 0 aliphatic heterocycles. The van der Waals surface area contributed by atoms with Gasteiger partial charge in [0.15, 0.2) is 5.78 Å². The number of pyridine rings is 1. The second-order valence-electron chi connectivity index (χ2n) is 7.11. The van der Waals surface area contributed by atoms with E-state index >= 15 is 0 Å². The van der Waals surface area contributed by atoms with Crippen molar-refractivity contribution in [2.24, 2.45) is 0 Å². The summed E-state index contributed by atoms with van der Waals surface area (Å²) in [5.41, 5.74) is 2.71. The van der Waals surface area contributed by atoms with E-state index in [0.717, 1.165) is 21.7 Å². The molecule has 5 rings (SSSR count). The summed E-state index contributed by atoms with van der Waals surface area (Å²) in [5, 5.41) is 11.6. The number of carbonyl (C=O) groups is 1. The van der Waals surface area contributed by atoms with Crippen LogP contribution in [0.2, 0.25) is 0 Å². The number of hydrogen-bond acceptors (Lipinski definition) is 4. The Morgan fingerprint density at radius 3 is 2.41 bits per heavy atom. The largest absolute Gasteiger partial charge is 0.512 e. The second-order valence-corrected chi connectivity index (χ2v) is 7.11.